The number of halogens is 1. The van der Waals surface area contributed by atoms with Crippen molar-refractivity contribution in [3.8, 4) is 0 Å². The first-order valence-corrected chi connectivity index (χ1v) is 30.9. The first-order chi connectivity index (χ1) is 37.6. The van der Waals surface area contributed by atoms with Crippen LogP contribution in [-0.4, -0.2) is 120 Å². The van der Waals surface area contributed by atoms with Crippen LogP contribution in [0.4, 0.5) is 4.39 Å². The van der Waals surface area contributed by atoms with Gasteiger partial charge in [-0.3, -0.25) is 28.9 Å². The molecule has 2 heterocycles. The first-order valence-electron chi connectivity index (χ1n) is 30.9. The first kappa shape index (κ1) is 54.3. The quantitative estimate of drug-likeness (QED) is 0.167. The number of Topliss-reactive ketones (excluding diaryl/α,β-unsaturated/α-hetero) is 2. The number of piperazine rings is 1. The maximum atomic E-state index is 15.4. The fourth-order valence-electron chi connectivity index (χ4n) is 19.6. The van der Waals surface area contributed by atoms with Crippen molar-refractivity contribution in [2.75, 3.05) is 59.0 Å². The molecule has 8 saturated carbocycles. The molecule has 8 aliphatic carbocycles. The molecule has 9 fully saturated rings. The van der Waals surface area contributed by atoms with Crippen LogP contribution in [0, 0.1) is 74.8 Å². The number of ether oxygens (including phenoxy) is 2. The number of carbonyl (C=O) groups is 4. The summed E-state index contributed by atoms with van der Waals surface area (Å²) in [6.07, 6.45) is 20.8. The lowest BCUT2D eigenvalue weighted by Gasteiger charge is -2.60. The van der Waals surface area contributed by atoms with E-state index in [-0.39, 0.29) is 40.1 Å². The predicted octanol–water partition coefficient (Wildman–Crippen LogP) is 10.6. The highest BCUT2D eigenvalue weighted by molar-refractivity contribution is 5.95. The zero-order valence-corrected chi connectivity index (χ0v) is 47.3. The van der Waals surface area contributed by atoms with Gasteiger partial charge in [-0.25, -0.2) is 9.49 Å². The average Bonchev–Trinajstić information content (AvgIpc) is 4.16. The van der Waals surface area contributed by atoms with Crippen LogP contribution in [0.1, 0.15) is 171 Å². The van der Waals surface area contributed by atoms with Crippen molar-refractivity contribution in [3.63, 3.8) is 0 Å². The second-order valence-electron chi connectivity index (χ2n) is 27.6. The highest BCUT2D eigenvalue weighted by atomic mass is 19.1. The summed E-state index contributed by atoms with van der Waals surface area (Å²) in [6.45, 7) is 14.8. The number of aromatic amines is 1. The van der Waals surface area contributed by atoms with Crippen molar-refractivity contribution in [1.29, 1.82) is 0 Å². The molecule has 0 spiro atoms. The maximum Gasteiger partial charge on any atom is 0.272 e. The Hall–Kier alpha value is -4.33. The van der Waals surface area contributed by atoms with Gasteiger partial charge in [0.25, 0.3) is 11.5 Å². The van der Waals surface area contributed by atoms with Gasteiger partial charge in [0, 0.05) is 89.7 Å². The largest absolute Gasteiger partial charge is 0.376 e. The Morgan fingerprint density at radius 2 is 1.18 bits per heavy atom. The second-order valence-corrected chi connectivity index (χ2v) is 27.6. The average molecular weight is 1070 g/mol. The second kappa shape index (κ2) is 21.5. The van der Waals surface area contributed by atoms with Gasteiger partial charge in [0.05, 0.1) is 42.1 Å². The van der Waals surface area contributed by atoms with Gasteiger partial charge in [0.2, 0.25) is 5.91 Å². The summed E-state index contributed by atoms with van der Waals surface area (Å²) in [6, 6.07) is 11.8. The molecule has 78 heavy (non-hydrogen) atoms. The van der Waals surface area contributed by atoms with E-state index in [2.05, 4.69) is 42.8 Å². The van der Waals surface area contributed by atoms with Gasteiger partial charge in [-0.2, -0.15) is 5.10 Å². The Morgan fingerprint density at radius 1 is 0.641 bits per heavy atom. The lowest BCUT2D eigenvalue weighted by atomic mass is 9.45. The molecule has 13 heteroatoms. The number of H-pyrrole nitrogens is 1. The fraction of sp³-hybridized carbons (Fsp3) is 0.723. The summed E-state index contributed by atoms with van der Waals surface area (Å²) in [5, 5.41) is 8.09. The molecule has 12 rings (SSSR count). The number of benzene rings is 2. The molecule has 1 saturated heterocycles. The Bertz CT molecular complexity index is 2740. The summed E-state index contributed by atoms with van der Waals surface area (Å²) in [5.41, 5.74) is 1.97. The van der Waals surface area contributed by atoms with Crippen molar-refractivity contribution in [3.05, 3.63) is 75.5 Å². The van der Waals surface area contributed by atoms with Crippen LogP contribution in [0.3, 0.4) is 0 Å². The Balaban J connectivity index is 0.672. The third-order valence-corrected chi connectivity index (χ3v) is 24.2. The summed E-state index contributed by atoms with van der Waals surface area (Å²) < 4.78 is 29.5. The van der Waals surface area contributed by atoms with Gasteiger partial charge in [0.15, 0.2) is 0 Å². The Labute approximate surface area is 462 Å². The van der Waals surface area contributed by atoms with Gasteiger partial charge in [-0.15, -0.1) is 0 Å². The summed E-state index contributed by atoms with van der Waals surface area (Å²) in [7, 11) is 0. The summed E-state index contributed by atoms with van der Waals surface area (Å²) in [5.74, 6) is 5.35. The van der Waals surface area contributed by atoms with Crippen LogP contribution < -0.4 is 5.56 Å². The molecule has 1 aromatic heterocycles. The minimum absolute atomic E-state index is 0.00925. The number of nitrogens with one attached hydrogen (secondary N) is 1. The number of aromatic nitrogens is 2. The van der Waals surface area contributed by atoms with E-state index >= 15 is 4.39 Å². The molecule has 0 radical (unpaired) electrons. The zero-order chi connectivity index (χ0) is 54.1. The van der Waals surface area contributed by atoms with Crippen LogP contribution in [0.2, 0.25) is 0 Å². The molecular weight excluding hydrogens is 982 g/mol. The number of nitrogens with zero attached hydrogens (tertiary/aromatic N) is 4. The van der Waals surface area contributed by atoms with E-state index in [4.69, 9.17) is 9.47 Å². The molecule has 3 aromatic rings. The number of amides is 2. The summed E-state index contributed by atoms with van der Waals surface area (Å²) >= 11 is 0. The number of rotatable bonds is 14. The van der Waals surface area contributed by atoms with Gasteiger partial charge in [-0.1, -0.05) is 52.0 Å². The van der Waals surface area contributed by atoms with Crippen LogP contribution in [0.5, 0.6) is 0 Å². The van der Waals surface area contributed by atoms with Crippen LogP contribution in [0.25, 0.3) is 10.8 Å². The molecule has 422 valence electrons. The number of fused-ring (bicyclic) bond motifs is 11. The van der Waals surface area contributed by atoms with E-state index in [9.17, 15) is 24.0 Å². The number of carbonyl (C=O) groups excluding carboxylic acids is 4. The van der Waals surface area contributed by atoms with Crippen molar-refractivity contribution in [2.24, 2.45) is 69.0 Å². The summed E-state index contributed by atoms with van der Waals surface area (Å²) in [4.78, 5) is 71.4. The lowest BCUT2D eigenvalue weighted by molar-refractivity contribution is -0.146. The van der Waals surface area contributed by atoms with E-state index in [1.54, 1.807) is 29.2 Å². The molecule has 1 aliphatic heterocycles. The van der Waals surface area contributed by atoms with Gasteiger partial charge in [-0.05, 0) is 183 Å². The molecule has 12 nitrogen and oxygen atoms in total. The molecule has 14 atom stereocenters. The minimum atomic E-state index is -0.593. The monoisotopic (exact) mass is 1070 g/mol. The lowest BCUT2D eigenvalue weighted by Crippen LogP contribution is -2.54. The normalized spacial score (nSPS) is 37.4. The molecule has 1 N–H and O–H groups in total. The topological polar surface area (TPSA) is 142 Å². The predicted molar refractivity (Wildman–Crippen MR) is 298 cm³/mol. The van der Waals surface area contributed by atoms with E-state index in [0.717, 1.165) is 76.3 Å². The van der Waals surface area contributed by atoms with Crippen LogP contribution >= 0.6 is 0 Å². The maximum absolute atomic E-state index is 15.4. The molecule has 9 aliphatic rings. The Morgan fingerprint density at radius 3 is 1.76 bits per heavy atom. The molecule has 2 amide bonds. The van der Waals surface area contributed by atoms with Crippen molar-refractivity contribution in [1.82, 2.24) is 24.9 Å². The zero-order valence-electron chi connectivity index (χ0n) is 47.3. The molecular formula is C65H88FN5O7. The highest BCUT2D eigenvalue weighted by Gasteiger charge is 2.62. The standard InChI is InChI=1S/C65H88FN5O7/c1-62-24-19-44(72)39-42(62)10-12-48-51-14-17-57(64(51,3)26-21-53(48)62)77-35-33-69(34-36-78-58-18-15-52-49-13-11-43-40-45(73)20-25-63(43,2)54(49)22-27-65(52,58)4)28-23-59(74)70-29-31-71(32-30-70)61(76)50-37-41(9-16-55(50)66)38-56-46-7-5-6-8-47(46)60(75)68-67-56/h5-9,16,37,42-43,48-49,51-54,57-58H,10-15,17-36,38-40H2,1-4H3,(H,68,75)/t42-,43-,48-,49-,51-,52-,53-,54-,57-,58?,62-,63-,64-,65-/m0/s1. The number of hydrogen-bond acceptors (Lipinski definition) is 9. The smallest absolute Gasteiger partial charge is 0.272 e. The van der Waals surface area contributed by atoms with Gasteiger partial charge >= 0.3 is 0 Å². The molecule has 2 aromatic carbocycles. The van der Waals surface area contributed by atoms with E-state index < -0.39 is 11.7 Å². The third kappa shape index (κ3) is 9.74. The molecule has 0 bridgehead atoms. The Kier molecular flexibility index (Phi) is 15.0. The van der Waals surface area contributed by atoms with Crippen molar-refractivity contribution >= 4 is 34.2 Å². The van der Waals surface area contributed by atoms with E-state index in [0.29, 0.717) is 139 Å². The van der Waals surface area contributed by atoms with Gasteiger partial charge < -0.3 is 19.3 Å². The number of ketones is 2. The third-order valence-electron chi connectivity index (χ3n) is 24.2. The van der Waals surface area contributed by atoms with E-state index in [1.807, 2.05) is 17.0 Å². The van der Waals surface area contributed by atoms with Crippen LogP contribution in [-0.2, 0) is 30.3 Å². The van der Waals surface area contributed by atoms with E-state index in [1.165, 1.54) is 70.3 Å². The SMILES string of the molecule is C[C@]12CCC(=O)C[C@@H]1CC[C@@H]1[C@@H]2CC[C@]2(C)[C@@H](OCCN(CCOC3CC[C@H]4[C@@H]5CC[C@H]6CC(=O)CC[C@]6(C)[C@H]5CC[C@]34C)CCC(=O)N3CCN(C(=O)c4cc(Cc5n[nH]c(=O)c6ccccc56)ccc4F)CC3)CC[C@@H]12. The van der Waals surface area contributed by atoms with Crippen molar-refractivity contribution in [2.45, 2.75) is 168 Å². The van der Waals surface area contributed by atoms with Gasteiger partial charge in [0.1, 0.15) is 17.4 Å². The molecule has 1 unspecified atom stereocenters. The van der Waals surface area contributed by atoms with Crippen molar-refractivity contribution < 1.29 is 33.0 Å². The van der Waals surface area contributed by atoms with Crippen LogP contribution in [0.15, 0.2) is 47.3 Å². The fourth-order valence-corrected chi connectivity index (χ4v) is 19.6. The number of hydrogen-bond donors (Lipinski definition) is 1. The minimum Gasteiger partial charge on any atom is -0.376 e. The highest BCUT2D eigenvalue weighted by Crippen LogP contribution is 2.68.